The molecule has 0 spiro atoms. The van der Waals surface area contributed by atoms with Gasteiger partial charge in [0, 0.05) is 31.2 Å². The van der Waals surface area contributed by atoms with Crippen molar-refractivity contribution in [1.29, 1.82) is 0 Å². The monoisotopic (exact) mass is 451 g/mol. The van der Waals surface area contributed by atoms with E-state index in [1.54, 1.807) is 28.8 Å². The van der Waals surface area contributed by atoms with Gasteiger partial charge < -0.3 is 4.90 Å². The van der Waals surface area contributed by atoms with Crippen LogP contribution in [0.2, 0.25) is 5.02 Å². The van der Waals surface area contributed by atoms with Crippen LogP contribution in [0.1, 0.15) is 12.5 Å². The van der Waals surface area contributed by atoms with Gasteiger partial charge in [-0.05, 0) is 36.4 Å². The highest BCUT2D eigenvalue weighted by molar-refractivity contribution is 7.89. The number of fused-ring (bicyclic) bond motifs is 1. The maximum absolute atomic E-state index is 13.1. The van der Waals surface area contributed by atoms with Gasteiger partial charge in [-0.3, -0.25) is 9.36 Å². The van der Waals surface area contributed by atoms with Crippen LogP contribution >= 0.6 is 22.9 Å². The molecule has 0 unspecified atom stereocenters. The molecule has 0 radical (unpaired) electrons. The lowest BCUT2D eigenvalue weighted by molar-refractivity contribution is 0.196. The van der Waals surface area contributed by atoms with Gasteiger partial charge in [-0.1, -0.05) is 48.1 Å². The maximum atomic E-state index is 13.1. The average molecular weight is 452 g/mol. The zero-order valence-corrected chi connectivity index (χ0v) is 18.4. The molecule has 0 amide bonds. The Labute approximate surface area is 179 Å². The number of likely N-dealkylation sites (N-methyl/N-ethyl adjacent to an activating group) is 1. The van der Waals surface area contributed by atoms with Crippen LogP contribution < -0.4 is 4.87 Å². The van der Waals surface area contributed by atoms with E-state index in [0.717, 1.165) is 42.1 Å². The number of rotatable bonds is 5. The van der Waals surface area contributed by atoms with Crippen molar-refractivity contribution in [2.45, 2.75) is 18.4 Å². The first-order valence-electron chi connectivity index (χ1n) is 9.49. The molecule has 0 atom stereocenters. The van der Waals surface area contributed by atoms with Crippen molar-refractivity contribution in [2.75, 3.05) is 32.7 Å². The molecule has 1 aliphatic heterocycles. The Hall–Kier alpha value is -1.71. The van der Waals surface area contributed by atoms with E-state index in [4.69, 9.17) is 11.6 Å². The Morgan fingerprint density at radius 3 is 2.48 bits per heavy atom. The first-order valence-corrected chi connectivity index (χ1v) is 12.1. The standard InChI is InChI=1S/C20H22ClN3O3S2/c1-2-22-9-11-23(12-10-22)29(26,27)16-7-8-18-19(13-16)28-20(25)24(18)14-15-5-3-4-6-17(15)21/h3-8,13H,2,9-12,14H2,1H3. The molecule has 3 aromatic rings. The van der Waals surface area contributed by atoms with Gasteiger partial charge in [0.2, 0.25) is 10.0 Å². The predicted octanol–water partition coefficient (Wildman–Crippen LogP) is 3.09. The lowest BCUT2D eigenvalue weighted by atomic mass is 10.2. The second-order valence-corrected chi connectivity index (χ2v) is 10.4. The van der Waals surface area contributed by atoms with Gasteiger partial charge >= 0.3 is 4.87 Å². The normalized spacial score (nSPS) is 16.5. The number of piperazine rings is 1. The molecule has 2 aromatic carbocycles. The van der Waals surface area contributed by atoms with Gasteiger partial charge in [0.05, 0.1) is 21.7 Å². The second kappa shape index (κ2) is 8.20. The molecular formula is C20H22ClN3O3S2. The third-order valence-corrected chi connectivity index (χ3v) is 8.55. The first kappa shape index (κ1) is 20.6. The summed E-state index contributed by atoms with van der Waals surface area (Å²) in [7, 11) is -3.57. The highest BCUT2D eigenvalue weighted by Crippen LogP contribution is 2.26. The predicted molar refractivity (Wildman–Crippen MR) is 118 cm³/mol. The van der Waals surface area contributed by atoms with Crippen molar-refractivity contribution in [1.82, 2.24) is 13.8 Å². The van der Waals surface area contributed by atoms with E-state index < -0.39 is 10.0 Å². The molecule has 1 fully saturated rings. The summed E-state index contributed by atoms with van der Waals surface area (Å²) in [4.78, 5) is 14.9. The smallest absolute Gasteiger partial charge is 0.301 e. The van der Waals surface area contributed by atoms with Crippen molar-refractivity contribution in [3.05, 3.63) is 62.7 Å². The third kappa shape index (κ3) is 4.00. The molecule has 29 heavy (non-hydrogen) atoms. The van der Waals surface area contributed by atoms with Gasteiger partial charge in [-0.2, -0.15) is 4.31 Å². The van der Waals surface area contributed by atoms with Crippen molar-refractivity contribution < 1.29 is 8.42 Å². The van der Waals surface area contributed by atoms with Crippen LogP contribution in [0, 0.1) is 0 Å². The number of sulfonamides is 1. The van der Waals surface area contributed by atoms with Gasteiger partial charge in [-0.15, -0.1) is 0 Å². The summed E-state index contributed by atoms with van der Waals surface area (Å²) in [6.07, 6.45) is 0. The van der Waals surface area contributed by atoms with Crippen LogP contribution in [-0.2, 0) is 16.6 Å². The molecule has 0 N–H and O–H groups in total. The van der Waals surface area contributed by atoms with Gasteiger partial charge in [0.1, 0.15) is 0 Å². The summed E-state index contributed by atoms with van der Waals surface area (Å²) < 4.78 is 30.0. The summed E-state index contributed by atoms with van der Waals surface area (Å²) in [6.45, 7) is 5.79. The highest BCUT2D eigenvalue weighted by atomic mass is 35.5. The molecule has 0 aliphatic carbocycles. The minimum absolute atomic E-state index is 0.133. The van der Waals surface area contributed by atoms with Gasteiger partial charge in [-0.25, -0.2) is 8.42 Å². The van der Waals surface area contributed by atoms with Crippen LogP contribution in [0.5, 0.6) is 0 Å². The SMILES string of the molecule is CCN1CCN(S(=O)(=O)c2ccc3c(c2)sc(=O)n3Cc2ccccc2Cl)CC1. The topological polar surface area (TPSA) is 62.6 Å². The minimum Gasteiger partial charge on any atom is -0.301 e. The first-order chi connectivity index (χ1) is 13.9. The number of hydrogen-bond donors (Lipinski definition) is 0. The molecule has 6 nitrogen and oxygen atoms in total. The Morgan fingerprint density at radius 1 is 1.07 bits per heavy atom. The van der Waals surface area contributed by atoms with Crippen molar-refractivity contribution in [3.8, 4) is 0 Å². The summed E-state index contributed by atoms with van der Waals surface area (Å²) >= 11 is 7.29. The lowest BCUT2D eigenvalue weighted by Crippen LogP contribution is -2.48. The second-order valence-electron chi connectivity index (χ2n) is 7.01. The highest BCUT2D eigenvalue weighted by Gasteiger charge is 2.28. The molecule has 4 rings (SSSR count). The Morgan fingerprint density at radius 2 is 1.79 bits per heavy atom. The minimum atomic E-state index is -3.57. The summed E-state index contributed by atoms with van der Waals surface area (Å²) in [5.41, 5.74) is 1.57. The number of hydrogen-bond acceptors (Lipinski definition) is 5. The van der Waals surface area contributed by atoms with E-state index in [0.29, 0.717) is 29.4 Å². The molecule has 0 saturated carbocycles. The molecule has 154 valence electrons. The van der Waals surface area contributed by atoms with Crippen LogP contribution in [0.3, 0.4) is 0 Å². The van der Waals surface area contributed by atoms with E-state index in [9.17, 15) is 13.2 Å². The van der Waals surface area contributed by atoms with E-state index in [2.05, 4.69) is 11.8 Å². The van der Waals surface area contributed by atoms with Crippen molar-refractivity contribution in [2.24, 2.45) is 0 Å². The summed E-state index contributed by atoms with van der Waals surface area (Å²) in [5.74, 6) is 0. The zero-order valence-electron chi connectivity index (χ0n) is 16.0. The zero-order chi connectivity index (χ0) is 20.6. The molecule has 0 bridgehead atoms. The lowest BCUT2D eigenvalue weighted by Gasteiger charge is -2.33. The van der Waals surface area contributed by atoms with E-state index >= 15 is 0 Å². The number of thiazole rings is 1. The number of benzene rings is 2. The van der Waals surface area contributed by atoms with Crippen LogP contribution in [0.15, 0.2) is 52.2 Å². The molecule has 1 saturated heterocycles. The molecule has 9 heteroatoms. The van der Waals surface area contributed by atoms with Gasteiger partial charge in [0.25, 0.3) is 0 Å². The Bertz CT molecular complexity index is 1200. The van der Waals surface area contributed by atoms with E-state index in [1.807, 2.05) is 18.2 Å². The van der Waals surface area contributed by atoms with E-state index in [-0.39, 0.29) is 9.77 Å². The molecule has 2 heterocycles. The maximum Gasteiger partial charge on any atom is 0.308 e. The van der Waals surface area contributed by atoms with Crippen LogP contribution in [0.25, 0.3) is 10.2 Å². The number of aromatic nitrogens is 1. The molecule has 1 aromatic heterocycles. The number of halogens is 1. The fraction of sp³-hybridized carbons (Fsp3) is 0.350. The summed E-state index contributed by atoms with van der Waals surface area (Å²) in [5, 5.41) is 0.601. The Kier molecular flexibility index (Phi) is 5.81. The largest absolute Gasteiger partial charge is 0.308 e. The van der Waals surface area contributed by atoms with Crippen LogP contribution in [-0.4, -0.2) is 54.9 Å². The van der Waals surface area contributed by atoms with Crippen LogP contribution in [0.4, 0.5) is 0 Å². The van der Waals surface area contributed by atoms with Crippen molar-refractivity contribution >= 4 is 43.2 Å². The quantitative estimate of drug-likeness (QED) is 0.598. The van der Waals surface area contributed by atoms with E-state index in [1.165, 1.54) is 4.31 Å². The number of nitrogens with zero attached hydrogens (tertiary/aromatic N) is 3. The van der Waals surface area contributed by atoms with Gasteiger partial charge in [0.15, 0.2) is 0 Å². The van der Waals surface area contributed by atoms with Crippen molar-refractivity contribution in [3.63, 3.8) is 0 Å². The summed E-state index contributed by atoms with van der Waals surface area (Å²) in [6, 6.07) is 12.3. The fourth-order valence-electron chi connectivity index (χ4n) is 3.59. The fourth-order valence-corrected chi connectivity index (χ4v) is 6.24. The molecule has 1 aliphatic rings. The average Bonchev–Trinajstić information content (AvgIpc) is 3.04. The third-order valence-electron chi connectivity index (χ3n) is 5.34. The Balaban J connectivity index is 1.66. The molecular weight excluding hydrogens is 430 g/mol.